The van der Waals surface area contributed by atoms with Gasteiger partial charge in [0, 0.05) is 25.3 Å². The van der Waals surface area contributed by atoms with Gasteiger partial charge in [0.2, 0.25) is 0 Å². The third-order valence-electron chi connectivity index (χ3n) is 3.30. The third kappa shape index (κ3) is 4.14. The van der Waals surface area contributed by atoms with E-state index in [4.69, 9.17) is 4.74 Å². The van der Waals surface area contributed by atoms with Crippen LogP contribution in [0.2, 0.25) is 0 Å². The molecule has 0 bridgehead atoms. The van der Waals surface area contributed by atoms with Crippen molar-refractivity contribution in [3.8, 4) is 5.75 Å². The van der Waals surface area contributed by atoms with Crippen molar-refractivity contribution in [3.05, 3.63) is 29.8 Å². The smallest absolute Gasteiger partial charge is 0.387 e. The second-order valence-electron chi connectivity index (χ2n) is 4.99. The minimum Gasteiger partial charge on any atom is -0.434 e. The SMILES string of the molecule is CC1(CNCc2ccccc2OC(F)F)CCCO1. The van der Waals surface area contributed by atoms with Gasteiger partial charge in [-0.05, 0) is 25.8 Å². The van der Waals surface area contributed by atoms with E-state index in [-0.39, 0.29) is 11.4 Å². The number of para-hydroxylation sites is 1. The monoisotopic (exact) mass is 271 g/mol. The Balaban J connectivity index is 1.88. The highest BCUT2D eigenvalue weighted by Crippen LogP contribution is 2.25. The first kappa shape index (κ1) is 14.2. The topological polar surface area (TPSA) is 30.5 Å². The molecule has 0 spiro atoms. The quantitative estimate of drug-likeness (QED) is 0.863. The number of alkyl halides is 2. The summed E-state index contributed by atoms with van der Waals surface area (Å²) in [6.07, 6.45) is 2.10. The normalized spacial score (nSPS) is 22.9. The van der Waals surface area contributed by atoms with Crippen LogP contribution in [0.25, 0.3) is 0 Å². The molecule has 3 nitrogen and oxygen atoms in total. The van der Waals surface area contributed by atoms with Crippen molar-refractivity contribution in [2.24, 2.45) is 0 Å². The van der Waals surface area contributed by atoms with Crippen molar-refractivity contribution in [2.45, 2.75) is 38.5 Å². The van der Waals surface area contributed by atoms with Crippen LogP contribution in [0.15, 0.2) is 24.3 Å². The van der Waals surface area contributed by atoms with E-state index >= 15 is 0 Å². The highest BCUT2D eigenvalue weighted by molar-refractivity contribution is 5.33. The molecule has 1 saturated heterocycles. The molecule has 1 N–H and O–H groups in total. The molecule has 0 radical (unpaired) electrons. The predicted octanol–water partition coefficient (Wildman–Crippen LogP) is 2.95. The Labute approximate surface area is 111 Å². The van der Waals surface area contributed by atoms with Crippen molar-refractivity contribution >= 4 is 0 Å². The summed E-state index contributed by atoms with van der Waals surface area (Å²) in [6, 6.07) is 6.82. The van der Waals surface area contributed by atoms with E-state index in [0.29, 0.717) is 13.1 Å². The molecule has 19 heavy (non-hydrogen) atoms. The van der Waals surface area contributed by atoms with Crippen LogP contribution in [0.1, 0.15) is 25.3 Å². The minimum atomic E-state index is -2.79. The zero-order valence-electron chi connectivity index (χ0n) is 11.0. The van der Waals surface area contributed by atoms with Crippen molar-refractivity contribution < 1.29 is 18.3 Å². The Morgan fingerprint density at radius 1 is 1.42 bits per heavy atom. The van der Waals surface area contributed by atoms with Crippen LogP contribution in [-0.2, 0) is 11.3 Å². The Morgan fingerprint density at radius 3 is 2.89 bits per heavy atom. The Bertz CT molecular complexity index is 406. The maximum Gasteiger partial charge on any atom is 0.387 e. The van der Waals surface area contributed by atoms with Gasteiger partial charge in [0.05, 0.1) is 5.60 Å². The van der Waals surface area contributed by atoms with Crippen molar-refractivity contribution in [1.82, 2.24) is 5.32 Å². The number of hydrogen-bond acceptors (Lipinski definition) is 3. The Morgan fingerprint density at radius 2 is 2.21 bits per heavy atom. The molecular weight excluding hydrogens is 252 g/mol. The van der Waals surface area contributed by atoms with Crippen LogP contribution in [-0.4, -0.2) is 25.4 Å². The molecule has 1 fully saturated rings. The maximum absolute atomic E-state index is 12.3. The van der Waals surface area contributed by atoms with Gasteiger partial charge >= 0.3 is 6.61 Å². The highest BCUT2D eigenvalue weighted by Gasteiger charge is 2.29. The van der Waals surface area contributed by atoms with E-state index < -0.39 is 6.61 Å². The van der Waals surface area contributed by atoms with E-state index in [1.807, 2.05) is 6.07 Å². The molecular formula is C14H19F2NO2. The molecule has 0 amide bonds. The summed E-state index contributed by atoms with van der Waals surface area (Å²) >= 11 is 0. The average molecular weight is 271 g/mol. The number of hydrogen-bond donors (Lipinski definition) is 1. The van der Waals surface area contributed by atoms with Crippen LogP contribution in [0.3, 0.4) is 0 Å². The zero-order chi connectivity index (χ0) is 13.7. The summed E-state index contributed by atoms with van der Waals surface area (Å²) in [7, 11) is 0. The molecule has 106 valence electrons. The van der Waals surface area contributed by atoms with Gasteiger partial charge in [0.25, 0.3) is 0 Å². The van der Waals surface area contributed by atoms with Crippen LogP contribution < -0.4 is 10.1 Å². The van der Waals surface area contributed by atoms with Gasteiger partial charge in [-0.15, -0.1) is 0 Å². The molecule has 1 atom stereocenters. The molecule has 1 aliphatic rings. The van der Waals surface area contributed by atoms with Gasteiger partial charge in [-0.2, -0.15) is 8.78 Å². The van der Waals surface area contributed by atoms with E-state index in [1.165, 1.54) is 0 Å². The molecule has 1 unspecified atom stereocenters. The van der Waals surface area contributed by atoms with Crippen molar-refractivity contribution in [2.75, 3.05) is 13.2 Å². The molecule has 1 aromatic carbocycles. The van der Waals surface area contributed by atoms with Crippen molar-refractivity contribution in [3.63, 3.8) is 0 Å². The molecule has 2 rings (SSSR count). The van der Waals surface area contributed by atoms with Crippen LogP contribution in [0, 0.1) is 0 Å². The molecule has 1 aromatic rings. The average Bonchev–Trinajstić information content (AvgIpc) is 2.78. The molecule has 0 saturated carbocycles. The third-order valence-corrected chi connectivity index (χ3v) is 3.30. The lowest BCUT2D eigenvalue weighted by molar-refractivity contribution is -0.0505. The maximum atomic E-state index is 12.3. The summed E-state index contributed by atoms with van der Waals surface area (Å²) in [5, 5.41) is 3.25. The summed E-state index contributed by atoms with van der Waals surface area (Å²) in [5.41, 5.74) is 0.586. The number of halogens is 2. The van der Waals surface area contributed by atoms with Crippen molar-refractivity contribution in [1.29, 1.82) is 0 Å². The summed E-state index contributed by atoms with van der Waals surface area (Å²) < 4.78 is 34.7. The van der Waals surface area contributed by atoms with Crippen LogP contribution in [0.5, 0.6) is 5.75 Å². The minimum absolute atomic E-state index is 0.140. The fraction of sp³-hybridized carbons (Fsp3) is 0.571. The second kappa shape index (κ2) is 6.30. The number of nitrogens with one attached hydrogen (secondary N) is 1. The Hall–Kier alpha value is -1.20. The molecule has 0 aromatic heterocycles. The molecule has 1 heterocycles. The van der Waals surface area contributed by atoms with Gasteiger partial charge in [-0.3, -0.25) is 0 Å². The highest BCUT2D eigenvalue weighted by atomic mass is 19.3. The zero-order valence-corrected chi connectivity index (χ0v) is 11.0. The van der Waals surface area contributed by atoms with Gasteiger partial charge in [-0.25, -0.2) is 0 Å². The molecule has 5 heteroatoms. The van der Waals surface area contributed by atoms with E-state index in [1.54, 1.807) is 18.2 Å². The first-order valence-corrected chi connectivity index (χ1v) is 6.46. The fourth-order valence-electron chi connectivity index (χ4n) is 2.30. The second-order valence-corrected chi connectivity index (χ2v) is 4.99. The van der Waals surface area contributed by atoms with Gasteiger partial charge < -0.3 is 14.8 Å². The summed E-state index contributed by atoms with van der Waals surface area (Å²) in [5.74, 6) is 0.225. The van der Waals surface area contributed by atoms with E-state index in [2.05, 4.69) is 17.0 Å². The van der Waals surface area contributed by atoms with E-state index in [0.717, 1.165) is 25.0 Å². The first-order chi connectivity index (χ1) is 9.09. The van der Waals surface area contributed by atoms with Crippen LogP contribution >= 0.6 is 0 Å². The van der Waals surface area contributed by atoms with Gasteiger partial charge in [0.1, 0.15) is 5.75 Å². The van der Waals surface area contributed by atoms with E-state index in [9.17, 15) is 8.78 Å². The summed E-state index contributed by atoms with van der Waals surface area (Å²) in [4.78, 5) is 0. The summed E-state index contributed by atoms with van der Waals surface area (Å²) in [6.45, 7) is 1.26. The van der Waals surface area contributed by atoms with Crippen LogP contribution in [0.4, 0.5) is 8.78 Å². The standard InChI is InChI=1S/C14H19F2NO2/c1-14(7-4-8-18-14)10-17-9-11-5-2-3-6-12(11)19-13(15)16/h2-3,5-6,13,17H,4,7-10H2,1H3. The molecule has 1 aliphatic heterocycles. The lowest BCUT2D eigenvalue weighted by atomic mass is 10.0. The lowest BCUT2D eigenvalue weighted by Crippen LogP contribution is -2.36. The predicted molar refractivity (Wildman–Crippen MR) is 68.4 cm³/mol. The fourth-order valence-corrected chi connectivity index (χ4v) is 2.30. The molecule has 0 aliphatic carbocycles. The van der Waals surface area contributed by atoms with Gasteiger partial charge in [0.15, 0.2) is 0 Å². The largest absolute Gasteiger partial charge is 0.434 e. The number of benzene rings is 1. The Kier molecular flexibility index (Phi) is 4.71. The first-order valence-electron chi connectivity index (χ1n) is 6.46. The van der Waals surface area contributed by atoms with Gasteiger partial charge in [-0.1, -0.05) is 18.2 Å². The lowest BCUT2D eigenvalue weighted by Gasteiger charge is -2.23. The number of rotatable bonds is 6. The number of ether oxygens (including phenoxy) is 2.